The minimum absolute atomic E-state index is 0.0324. The van der Waals surface area contributed by atoms with Crippen molar-refractivity contribution in [3.05, 3.63) is 57.8 Å². The Morgan fingerprint density at radius 2 is 2.04 bits per heavy atom. The first-order valence-electron chi connectivity index (χ1n) is 8.81. The van der Waals surface area contributed by atoms with Crippen molar-refractivity contribution in [2.24, 2.45) is 0 Å². The molecule has 2 aromatic rings. The number of thiophene rings is 1. The molecular formula is C20H24N2O2S. The second kappa shape index (κ2) is 6.56. The molecule has 1 fully saturated rings. The third kappa shape index (κ3) is 3.01. The first-order valence-corrected chi connectivity index (χ1v) is 9.75. The number of amides is 1. The second-order valence-electron chi connectivity index (χ2n) is 7.22. The third-order valence-electron chi connectivity index (χ3n) is 5.39. The van der Waals surface area contributed by atoms with Gasteiger partial charge in [-0.05, 0) is 46.4 Å². The van der Waals surface area contributed by atoms with Gasteiger partial charge in [-0.3, -0.25) is 9.69 Å². The number of carbonyl (C=O) groups excluding carboxylic acids is 1. The van der Waals surface area contributed by atoms with E-state index in [4.69, 9.17) is 4.74 Å². The molecule has 25 heavy (non-hydrogen) atoms. The lowest BCUT2D eigenvalue weighted by Gasteiger charge is -2.39. The number of likely N-dealkylation sites (N-methyl/N-ethyl adjacent to an activating group) is 1. The first kappa shape index (κ1) is 16.8. The summed E-state index contributed by atoms with van der Waals surface area (Å²) in [5, 5.41) is 4.35. The second-order valence-corrected chi connectivity index (χ2v) is 8.00. The maximum Gasteiger partial charge on any atom is 0.255 e. The number of rotatable bonds is 3. The number of ether oxygens (including phenoxy) is 1. The number of hydrogen-bond acceptors (Lipinski definition) is 4. The fourth-order valence-electron chi connectivity index (χ4n) is 4.01. The van der Waals surface area contributed by atoms with E-state index in [1.54, 1.807) is 30.3 Å². The number of carbonyl (C=O) groups is 1. The topological polar surface area (TPSA) is 32.8 Å². The van der Waals surface area contributed by atoms with E-state index in [-0.39, 0.29) is 11.5 Å². The Balaban J connectivity index is 1.54. The molecule has 2 aliphatic rings. The lowest BCUT2D eigenvalue weighted by Crippen LogP contribution is -2.42. The van der Waals surface area contributed by atoms with Gasteiger partial charge in [0.1, 0.15) is 0 Å². The molecule has 2 aliphatic heterocycles. The van der Waals surface area contributed by atoms with Gasteiger partial charge in [-0.25, -0.2) is 0 Å². The molecule has 1 spiro atoms. The fourth-order valence-corrected chi connectivity index (χ4v) is 4.67. The smallest absolute Gasteiger partial charge is 0.255 e. The van der Waals surface area contributed by atoms with Gasteiger partial charge in [0.25, 0.3) is 5.91 Å². The van der Waals surface area contributed by atoms with Gasteiger partial charge in [0.05, 0.1) is 5.60 Å². The quantitative estimate of drug-likeness (QED) is 0.845. The summed E-state index contributed by atoms with van der Waals surface area (Å²) in [5.74, 6) is 0.0324. The zero-order chi connectivity index (χ0) is 17.4. The molecule has 4 nitrogen and oxygen atoms in total. The van der Waals surface area contributed by atoms with Crippen molar-refractivity contribution < 1.29 is 9.53 Å². The van der Waals surface area contributed by atoms with Gasteiger partial charge >= 0.3 is 0 Å². The number of benzene rings is 1. The Hall–Kier alpha value is -1.69. The zero-order valence-corrected chi connectivity index (χ0v) is 15.6. The van der Waals surface area contributed by atoms with Crippen LogP contribution in [0, 0.1) is 0 Å². The predicted molar refractivity (Wildman–Crippen MR) is 99.5 cm³/mol. The Bertz CT molecular complexity index is 749. The average Bonchev–Trinajstić information content (AvgIpc) is 3.24. The summed E-state index contributed by atoms with van der Waals surface area (Å²) in [5.41, 5.74) is 3.34. The van der Waals surface area contributed by atoms with E-state index in [0.29, 0.717) is 0 Å². The van der Waals surface area contributed by atoms with Gasteiger partial charge in [-0.2, -0.15) is 11.3 Å². The molecule has 0 aliphatic carbocycles. The van der Waals surface area contributed by atoms with Crippen LogP contribution in [0.4, 0.5) is 0 Å². The molecule has 1 amide bonds. The van der Waals surface area contributed by atoms with Gasteiger partial charge in [-0.1, -0.05) is 24.3 Å². The van der Waals surface area contributed by atoms with Gasteiger partial charge < -0.3 is 9.64 Å². The van der Waals surface area contributed by atoms with Crippen molar-refractivity contribution in [1.82, 2.24) is 9.80 Å². The molecule has 1 aromatic carbocycles. The molecule has 5 heteroatoms. The van der Waals surface area contributed by atoms with E-state index in [1.807, 2.05) is 12.1 Å². The molecular weight excluding hydrogens is 332 g/mol. The van der Waals surface area contributed by atoms with E-state index in [1.165, 1.54) is 11.1 Å². The minimum Gasteiger partial charge on any atom is -0.352 e. The number of likely N-dealkylation sites (tertiary alicyclic amines) is 1. The molecule has 1 saturated heterocycles. The monoisotopic (exact) mass is 356 g/mol. The van der Waals surface area contributed by atoms with Crippen molar-refractivity contribution >= 4 is 17.2 Å². The highest BCUT2D eigenvalue weighted by Crippen LogP contribution is 2.49. The Morgan fingerprint density at radius 1 is 1.28 bits per heavy atom. The van der Waals surface area contributed by atoms with Crippen LogP contribution in [0.2, 0.25) is 0 Å². The lowest BCUT2D eigenvalue weighted by atomic mass is 9.83. The first-order chi connectivity index (χ1) is 12.1. The lowest BCUT2D eigenvalue weighted by molar-refractivity contribution is -0.158. The van der Waals surface area contributed by atoms with Crippen LogP contribution in [-0.2, 0) is 21.7 Å². The van der Waals surface area contributed by atoms with Crippen LogP contribution in [0.25, 0.3) is 0 Å². The van der Waals surface area contributed by atoms with E-state index in [9.17, 15) is 4.79 Å². The fraction of sp³-hybridized carbons (Fsp3) is 0.450. The van der Waals surface area contributed by atoms with Crippen LogP contribution in [-0.4, -0.2) is 42.9 Å². The Labute approximate surface area is 153 Å². The largest absolute Gasteiger partial charge is 0.352 e. The molecule has 1 atom stereocenters. The highest BCUT2D eigenvalue weighted by molar-refractivity contribution is 7.07. The van der Waals surface area contributed by atoms with Crippen molar-refractivity contribution in [1.29, 1.82) is 0 Å². The number of piperidine rings is 1. The minimum atomic E-state index is -0.463. The SMILES string of the molecule is CN(C)C(=O)C1OC2(CCN(Cc3ccsc3)CC2)c2ccccc21. The molecule has 0 radical (unpaired) electrons. The highest BCUT2D eigenvalue weighted by atomic mass is 32.1. The van der Waals surface area contributed by atoms with Crippen LogP contribution in [0.15, 0.2) is 41.1 Å². The normalized spacial score (nSPS) is 22.1. The summed E-state index contributed by atoms with van der Waals surface area (Å²) >= 11 is 1.75. The molecule has 3 heterocycles. The number of fused-ring (bicyclic) bond motifs is 2. The van der Waals surface area contributed by atoms with Gasteiger partial charge in [0.15, 0.2) is 6.10 Å². The summed E-state index contributed by atoms with van der Waals surface area (Å²) < 4.78 is 6.45. The van der Waals surface area contributed by atoms with Crippen molar-refractivity contribution in [3.8, 4) is 0 Å². The average molecular weight is 356 g/mol. The van der Waals surface area contributed by atoms with E-state index in [0.717, 1.165) is 38.0 Å². The van der Waals surface area contributed by atoms with E-state index in [2.05, 4.69) is 33.9 Å². The van der Waals surface area contributed by atoms with Crippen LogP contribution in [0.1, 0.15) is 35.6 Å². The molecule has 0 saturated carbocycles. The molecule has 4 rings (SSSR count). The van der Waals surface area contributed by atoms with Crippen LogP contribution < -0.4 is 0 Å². The molecule has 0 N–H and O–H groups in total. The van der Waals surface area contributed by atoms with Crippen molar-refractivity contribution in [2.75, 3.05) is 27.2 Å². The summed E-state index contributed by atoms with van der Waals surface area (Å²) in [6.07, 6.45) is 1.41. The maximum atomic E-state index is 12.6. The Kier molecular flexibility index (Phi) is 4.40. The number of nitrogens with zero attached hydrogens (tertiary/aromatic N) is 2. The predicted octanol–water partition coefficient (Wildman–Crippen LogP) is 3.40. The Morgan fingerprint density at radius 3 is 2.72 bits per heavy atom. The summed E-state index contributed by atoms with van der Waals surface area (Å²) in [4.78, 5) is 16.7. The van der Waals surface area contributed by atoms with Crippen molar-refractivity contribution in [2.45, 2.75) is 31.1 Å². The van der Waals surface area contributed by atoms with Crippen LogP contribution in [0.3, 0.4) is 0 Å². The third-order valence-corrected chi connectivity index (χ3v) is 6.12. The standard InChI is InChI=1S/C20H24N2O2S/c1-21(2)19(23)18-16-5-3-4-6-17(16)20(24-18)8-10-22(11-9-20)13-15-7-12-25-14-15/h3-7,12,14,18H,8-11,13H2,1-2H3. The van der Waals surface area contributed by atoms with Gasteiger partial charge in [-0.15, -0.1) is 0 Å². The molecule has 1 aromatic heterocycles. The van der Waals surface area contributed by atoms with Crippen LogP contribution >= 0.6 is 11.3 Å². The molecule has 0 bridgehead atoms. The summed E-state index contributed by atoms with van der Waals surface area (Å²) in [6, 6.07) is 10.5. The molecule has 1 unspecified atom stereocenters. The maximum absolute atomic E-state index is 12.6. The summed E-state index contributed by atoms with van der Waals surface area (Å²) in [7, 11) is 3.59. The molecule has 132 valence electrons. The number of hydrogen-bond donors (Lipinski definition) is 0. The highest BCUT2D eigenvalue weighted by Gasteiger charge is 2.48. The van der Waals surface area contributed by atoms with Crippen LogP contribution in [0.5, 0.6) is 0 Å². The van der Waals surface area contributed by atoms with Gasteiger partial charge in [0, 0.05) is 33.7 Å². The van der Waals surface area contributed by atoms with Crippen molar-refractivity contribution in [3.63, 3.8) is 0 Å². The van der Waals surface area contributed by atoms with E-state index < -0.39 is 6.10 Å². The summed E-state index contributed by atoms with van der Waals surface area (Å²) in [6.45, 7) is 2.99. The van der Waals surface area contributed by atoms with Gasteiger partial charge in [0.2, 0.25) is 0 Å². The zero-order valence-electron chi connectivity index (χ0n) is 14.8. The van der Waals surface area contributed by atoms with E-state index >= 15 is 0 Å².